The molecule has 1 atom stereocenters. The van der Waals surface area contributed by atoms with Crippen LogP contribution in [-0.2, 0) is 17.5 Å². The highest BCUT2D eigenvalue weighted by Gasteiger charge is 2.34. The number of hydrogen-bond donors (Lipinski definition) is 1. The molecule has 2 aromatic heterocycles. The maximum absolute atomic E-state index is 13.8. The number of carbonyl (C=O) groups excluding carboxylic acids is 2. The highest BCUT2D eigenvalue weighted by molar-refractivity contribution is 7.99. The fraction of sp³-hybridized carbons (Fsp3) is 0.206. The third kappa shape index (κ3) is 7.13. The van der Waals surface area contributed by atoms with Crippen molar-refractivity contribution in [3.8, 4) is 11.4 Å². The van der Waals surface area contributed by atoms with Gasteiger partial charge in [-0.15, -0.1) is 10.2 Å². The monoisotopic (exact) mass is 674 g/mol. The first-order chi connectivity index (χ1) is 23.1. The number of methoxy groups -OCH3 is 1. The van der Waals surface area contributed by atoms with Crippen LogP contribution in [0.2, 0.25) is 0 Å². The van der Waals surface area contributed by atoms with Crippen LogP contribution in [0.15, 0.2) is 106 Å². The lowest BCUT2D eigenvalue weighted by atomic mass is 9.97. The minimum atomic E-state index is -4.60. The molecule has 3 heterocycles. The van der Waals surface area contributed by atoms with E-state index in [0.717, 1.165) is 46.3 Å². The largest absolute Gasteiger partial charge is 0.497 e. The van der Waals surface area contributed by atoms with Crippen LogP contribution in [0.1, 0.15) is 51.1 Å². The molecule has 0 saturated heterocycles. The van der Waals surface area contributed by atoms with Crippen LogP contribution in [0, 0.1) is 6.92 Å². The van der Waals surface area contributed by atoms with Crippen LogP contribution >= 0.6 is 11.8 Å². The second-order valence-electron chi connectivity index (χ2n) is 10.9. The predicted octanol–water partition coefficient (Wildman–Crippen LogP) is 6.60. The lowest BCUT2D eigenvalue weighted by Gasteiger charge is -2.22. The van der Waals surface area contributed by atoms with E-state index in [-0.39, 0.29) is 46.7 Å². The molecule has 0 bridgehead atoms. The Bertz CT molecular complexity index is 1940. The van der Waals surface area contributed by atoms with Gasteiger partial charge in [-0.3, -0.25) is 14.2 Å². The number of thioether (sulfide) groups is 1. The summed E-state index contributed by atoms with van der Waals surface area (Å²) in [5.41, 5.74) is 2.81. The number of rotatable bonds is 10. The quantitative estimate of drug-likeness (QED) is 0.166. The number of benzene rings is 3. The van der Waals surface area contributed by atoms with Gasteiger partial charge in [-0.05, 0) is 72.6 Å². The molecule has 48 heavy (non-hydrogen) atoms. The lowest BCUT2D eigenvalue weighted by molar-refractivity contribution is -0.137. The van der Waals surface area contributed by atoms with Crippen molar-refractivity contribution in [1.29, 1.82) is 0 Å². The molecule has 0 saturated carbocycles. The molecule has 2 amide bonds. The van der Waals surface area contributed by atoms with E-state index in [1.165, 1.54) is 34.0 Å². The maximum Gasteiger partial charge on any atom is 0.416 e. The number of aromatic nitrogens is 3. The minimum Gasteiger partial charge on any atom is -0.497 e. The van der Waals surface area contributed by atoms with E-state index >= 15 is 0 Å². The molecule has 5 aromatic rings. The molecule has 14 heteroatoms. The number of furan rings is 1. The van der Waals surface area contributed by atoms with Crippen molar-refractivity contribution in [2.75, 3.05) is 12.9 Å². The zero-order chi connectivity index (χ0) is 33.8. The number of nitrogens with one attached hydrogen (secondary N) is 1. The lowest BCUT2D eigenvalue weighted by Crippen LogP contribution is -2.28. The van der Waals surface area contributed by atoms with Crippen molar-refractivity contribution in [2.45, 2.75) is 37.3 Å². The van der Waals surface area contributed by atoms with Gasteiger partial charge in [0, 0.05) is 6.42 Å². The Morgan fingerprint density at radius 3 is 2.48 bits per heavy atom. The molecule has 0 spiro atoms. The predicted molar refractivity (Wildman–Crippen MR) is 172 cm³/mol. The van der Waals surface area contributed by atoms with Crippen molar-refractivity contribution in [3.05, 3.63) is 125 Å². The number of halogens is 3. The van der Waals surface area contributed by atoms with Crippen LogP contribution < -0.4 is 10.1 Å². The third-order valence-electron chi connectivity index (χ3n) is 7.66. The number of nitrogens with zero attached hydrogens (tertiary/aromatic N) is 5. The minimum absolute atomic E-state index is 0.0589. The Morgan fingerprint density at radius 1 is 1.02 bits per heavy atom. The van der Waals surface area contributed by atoms with Crippen LogP contribution in [0.25, 0.3) is 5.69 Å². The zero-order valence-electron chi connectivity index (χ0n) is 25.8. The summed E-state index contributed by atoms with van der Waals surface area (Å²) < 4.78 is 52.8. The van der Waals surface area contributed by atoms with E-state index in [1.807, 2.05) is 55.5 Å². The van der Waals surface area contributed by atoms with Gasteiger partial charge in [-0.25, -0.2) is 5.01 Å². The van der Waals surface area contributed by atoms with E-state index in [9.17, 15) is 22.8 Å². The van der Waals surface area contributed by atoms with Gasteiger partial charge >= 0.3 is 6.18 Å². The number of ether oxygens (including phenoxy) is 1. The van der Waals surface area contributed by atoms with Crippen LogP contribution in [0.4, 0.5) is 13.2 Å². The van der Waals surface area contributed by atoms with Crippen LogP contribution in [-0.4, -0.2) is 50.2 Å². The van der Waals surface area contributed by atoms with E-state index in [1.54, 1.807) is 13.2 Å². The number of aryl methyl sites for hydroxylation is 1. The summed E-state index contributed by atoms with van der Waals surface area (Å²) in [7, 11) is 1.58. The van der Waals surface area contributed by atoms with Crippen molar-refractivity contribution in [3.63, 3.8) is 0 Å². The smallest absolute Gasteiger partial charge is 0.416 e. The van der Waals surface area contributed by atoms with Gasteiger partial charge in [0.05, 0.1) is 48.7 Å². The van der Waals surface area contributed by atoms with Crippen molar-refractivity contribution in [1.82, 2.24) is 25.1 Å². The van der Waals surface area contributed by atoms with Crippen molar-refractivity contribution in [2.24, 2.45) is 5.10 Å². The molecule has 10 nitrogen and oxygen atoms in total. The molecule has 1 aliphatic rings. The summed E-state index contributed by atoms with van der Waals surface area (Å²) in [5.74, 6) is -0.102. The van der Waals surface area contributed by atoms with Gasteiger partial charge in [0.2, 0.25) is 0 Å². The van der Waals surface area contributed by atoms with Crippen molar-refractivity contribution < 1.29 is 31.9 Å². The van der Waals surface area contributed by atoms with Gasteiger partial charge in [-0.1, -0.05) is 47.7 Å². The highest BCUT2D eigenvalue weighted by atomic mass is 32.2. The Kier molecular flexibility index (Phi) is 9.35. The molecule has 1 aliphatic heterocycles. The Hall–Kier alpha value is -5.37. The molecule has 6 rings (SSSR count). The summed E-state index contributed by atoms with van der Waals surface area (Å²) in [4.78, 5) is 26.4. The molecule has 0 aliphatic carbocycles. The van der Waals surface area contributed by atoms with Crippen molar-refractivity contribution >= 4 is 29.3 Å². The zero-order valence-corrected chi connectivity index (χ0v) is 26.6. The molecule has 3 aromatic carbocycles. The van der Waals surface area contributed by atoms with Crippen LogP contribution in [0.3, 0.4) is 0 Å². The molecular weight excluding hydrogens is 645 g/mol. The van der Waals surface area contributed by atoms with Gasteiger partial charge < -0.3 is 14.5 Å². The van der Waals surface area contributed by atoms with Gasteiger partial charge in [0.25, 0.3) is 11.8 Å². The van der Waals surface area contributed by atoms with Gasteiger partial charge in [0.1, 0.15) is 5.75 Å². The first-order valence-electron chi connectivity index (χ1n) is 14.8. The Morgan fingerprint density at radius 2 is 1.79 bits per heavy atom. The van der Waals surface area contributed by atoms with Crippen LogP contribution in [0.5, 0.6) is 5.75 Å². The summed E-state index contributed by atoms with van der Waals surface area (Å²) in [6, 6.07) is 22.6. The summed E-state index contributed by atoms with van der Waals surface area (Å²) >= 11 is 1.00. The summed E-state index contributed by atoms with van der Waals surface area (Å²) in [5, 5.41) is 17.3. The second kappa shape index (κ2) is 13.8. The standard InChI is InChI=1S/C34H29F3N6O4S/c1-21-8-10-23(11-9-21)28-18-27(22-12-14-26(46-2)15-13-22)41-43(28)31(44)20-48-33-40-39-30(19-38-32(45)29-7-4-16-47-29)42(33)25-6-3-5-24(17-25)34(35,36)37/h3-17,28H,18-20H2,1-2H3,(H,38,45)/t28-/m0/s1. The molecule has 0 unspecified atom stereocenters. The molecule has 246 valence electrons. The number of amides is 2. The Balaban J connectivity index is 1.28. The molecular formula is C34H29F3N6O4S. The number of hydrazone groups is 1. The molecule has 1 N–H and O–H groups in total. The fourth-order valence-corrected chi connectivity index (χ4v) is 6.01. The fourth-order valence-electron chi connectivity index (χ4n) is 5.18. The first kappa shape index (κ1) is 32.6. The topological polar surface area (TPSA) is 115 Å². The van der Waals surface area contributed by atoms with E-state index < -0.39 is 17.6 Å². The number of hydrogen-bond acceptors (Lipinski definition) is 8. The first-order valence-corrected chi connectivity index (χ1v) is 15.8. The number of alkyl halides is 3. The molecule has 0 radical (unpaired) electrons. The number of carbonyl (C=O) groups is 2. The Labute approximate surface area is 277 Å². The van der Waals surface area contributed by atoms with Gasteiger partial charge in [0.15, 0.2) is 16.7 Å². The molecule has 0 fully saturated rings. The SMILES string of the molecule is COc1ccc(C2=NN(C(=O)CSc3nnc(CNC(=O)c4ccco4)n3-c3cccc(C(F)(F)F)c3)[C@H](c3ccc(C)cc3)C2)cc1. The van der Waals surface area contributed by atoms with E-state index in [2.05, 4.69) is 15.5 Å². The maximum atomic E-state index is 13.8. The second-order valence-corrected chi connectivity index (χ2v) is 11.8. The average molecular weight is 675 g/mol. The highest BCUT2D eigenvalue weighted by Crippen LogP contribution is 2.35. The third-order valence-corrected chi connectivity index (χ3v) is 8.57. The summed E-state index contributed by atoms with van der Waals surface area (Å²) in [6.07, 6.45) is -2.77. The van der Waals surface area contributed by atoms with E-state index in [4.69, 9.17) is 14.3 Å². The average Bonchev–Trinajstić information content (AvgIpc) is 3.87. The summed E-state index contributed by atoms with van der Waals surface area (Å²) in [6.45, 7) is 1.81. The normalized spacial score (nSPS) is 14.6. The van der Waals surface area contributed by atoms with E-state index in [0.29, 0.717) is 12.2 Å². The van der Waals surface area contributed by atoms with Gasteiger partial charge in [-0.2, -0.15) is 18.3 Å².